The zero-order valence-corrected chi connectivity index (χ0v) is 20.7. The van der Waals surface area contributed by atoms with Crippen LogP contribution in [-0.4, -0.2) is 50.0 Å². The van der Waals surface area contributed by atoms with Crippen molar-refractivity contribution in [2.24, 2.45) is 0 Å². The molecule has 0 saturated carbocycles. The van der Waals surface area contributed by atoms with Gasteiger partial charge in [0.25, 0.3) is 0 Å². The summed E-state index contributed by atoms with van der Waals surface area (Å²) in [5.74, 6) is 0.514. The van der Waals surface area contributed by atoms with Gasteiger partial charge in [0.1, 0.15) is 35.6 Å². The summed E-state index contributed by atoms with van der Waals surface area (Å²) >= 11 is 0. The summed E-state index contributed by atoms with van der Waals surface area (Å²) < 4.78 is 7.78. The van der Waals surface area contributed by atoms with Crippen LogP contribution in [0.15, 0.2) is 72.7 Å². The average molecular weight is 512 g/mol. The predicted octanol–water partition coefficient (Wildman–Crippen LogP) is 3.12. The maximum absolute atomic E-state index is 11.6. The first-order chi connectivity index (χ1) is 18.5. The van der Waals surface area contributed by atoms with Crippen molar-refractivity contribution in [1.29, 1.82) is 0 Å². The highest BCUT2D eigenvalue weighted by Crippen LogP contribution is 2.35. The summed E-state index contributed by atoms with van der Waals surface area (Å²) in [4.78, 5) is 32.9. The van der Waals surface area contributed by atoms with Gasteiger partial charge in [0.2, 0.25) is 0 Å². The molecule has 1 atom stereocenters. The molecule has 5 rings (SSSR count). The number of rotatable bonds is 9. The molecule has 1 aliphatic heterocycles. The minimum Gasteiger partial charge on any atom is -0.545 e. The van der Waals surface area contributed by atoms with Gasteiger partial charge in [-0.25, -0.2) is 14.6 Å². The van der Waals surface area contributed by atoms with Gasteiger partial charge in [0.15, 0.2) is 5.65 Å². The molecule has 1 fully saturated rings. The van der Waals surface area contributed by atoms with Gasteiger partial charge < -0.3 is 30.1 Å². The number of benzene rings is 2. The van der Waals surface area contributed by atoms with Crippen molar-refractivity contribution in [2.75, 3.05) is 18.8 Å². The summed E-state index contributed by atoms with van der Waals surface area (Å²) in [5.41, 5.74) is 8.53. The monoisotopic (exact) mass is 511 g/mol. The Morgan fingerprint density at radius 1 is 1.11 bits per heavy atom. The van der Waals surface area contributed by atoms with Gasteiger partial charge in [-0.05, 0) is 61.2 Å². The van der Waals surface area contributed by atoms with Crippen LogP contribution in [-0.2, 0) is 9.59 Å². The standard InChI is InChI=1S/C28H28N6O4/c29-26-24-25(19-10-12-23(13-11-19)38-22-8-2-1-3-9-22)32-34(27(24)31-18-30-26)21-7-4-14-33(17-21)16-20(28(36)37)6-5-15-35/h1-3,8-13,15-16,18,21H,4-7,14,17H2,(H,36,37)(H2,29,30,31)/p-1/b20-16-/t21-/m0/s1. The van der Waals surface area contributed by atoms with E-state index >= 15 is 0 Å². The average Bonchev–Trinajstić information content (AvgIpc) is 3.33. The third-order valence-corrected chi connectivity index (χ3v) is 6.53. The van der Waals surface area contributed by atoms with E-state index in [1.807, 2.05) is 64.2 Å². The zero-order chi connectivity index (χ0) is 26.5. The SMILES string of the molecule is Nc1ncnc2c1c(-c1ccc(Oc3ccccc3)cc1)nn2[C@H]1CCCN(/C=C(/CCC=O)C(=O)[O-])C1. The number of aliphatic carboxylic acids is 1. The molecule has 2 aromatic heterocycles. The number of fused-ring (bicyclic) bond motifs is 1. The van der Waals surface area contributed by atoms with E-state index in [4.69, 9.17) is 15.6 Å². The Morgan fingerprint density at radius 3 is 2.61 bits per heavy atom. The van der Waals surface area contributed by atoms with Gasteiger partial charge in [-0.1, -0.05) is 18.2 Å². The van der Waals surface area contributed by atoms with E-state index in [1.165, 1.54) is 6.33 Å². The summed E-state index contributed by atoms with van der Waals surface area (Å²) in [6, 6.07) is 17.1. The second kappa shape index (κ2) is 11.1. The molecule has 10 nitrogen and oxygen atoms in total. The van der Waals surface area contributed by atoms with E-state index in [1.54, 1.807) is 6.20 Å². The highest BCUT2D eigenvalue weighted by atomic mass is 16.5. The molecule has 1 saturated heterocycles. The summed E-state index contributed by atoms with van der Waals surface area (Å²) in [7, 11) is 0. The van der Waals surface area contributed by atoms with Gasteiger partial charge >= 0.3 is 0 Å². The first-order valence-electron chi connectivity index (χ1n) is 12.4. The number of carboxylic acid groups (broad SMARTS) is 1. The smallest absolute Gasteiger partial charge is 0.164 e. The number of ether oxygens (including phenoxy) is 1. The molecule has 0 spiro atoms. The summed E-state index contributed by atoms with van der Waals surface area (Å²) in [6.07, 6.45) is 5.65. The number of aldehydes is 1. The molecule has 3 heterocycles. The number of nitrogen functional groups attached to an aromatic ring is 1. The van der Waals surface area contributed by atoms with Gasteiger partial charge in [0, 0.05) is 31.3 Å². The molecular formula is C28H27N6O4-. The molecule has 1 aliphatic rings. The molecule has 0 amide bonds. The van der Waals surface area contributed by atoms with Crippen molar-refractivity contribution < 1.29 is 19.4 Å². The summed E-state index contributed by atoms with van der Waals surface area (Å²) in [6.45, 7) is 1.22. The Morgan fingerprint density at radius 2 is 1.87 bits per heavy atom. The molecule has 4 aromatic rings. The molecule has 0 aliphatic carbocycles. The van der Waals surface area contributed by atoms with Crippen LogP contribution in [0.5, 0.6) is 11.5 Å². The van der Waals surface area contributed by atoms with Crippen LogP contribution in [0.1, 0.15) is 31.7 Å². The van der Waals surface area contributed by atoms with Gasteiger partial charge in [-0.2, -0.15) is 5.10 Å². The number of nitrogens with zero attached hydrogens (tertiary/aromatic N) is 5. The highest BCUT2D eigenvalue weighted by molar-refractivity contribution is 5.98. The minimum atomic E-state index is -1.26. The van der Waals surface area contributed by atoms with Gasteiger partial charge in [-0.3, -0.25) is 0 Å². The molecule has 0 bridgehead atoms. The van der Waals surface area contributed by atoms with Gasteiger partial charge in [0.05, 0.1) is 17.4 Å². The number of carboxylic acids is 1. The number of para-hydroxylation sites is 1. The number of likely N-dealkylation sites (tertiary alicyclic amines) is 1. The lowest BCUT2D eigenvalue weighted by atomic mass is 10.1. The Labute approximate surface area is 219 Å². The van der Waals surface area contributed by atoms with E-state index in [0.717, 1.165) is 24.2 Å². The number of piperidine rings is 1. The van der Waals surface area contributed by atoms with E-state index in [-0.39, 0.29) is 24.5 Å². The number of aromatic nitrogens is 4. The third kappa shape index (κ3) is 5.34. The fourth-order valence-electron chi connectivity index (χ4n) is 4.71. The number of hydrogen-bond donors (Lipinski definition) is 1. The third-order valence-electron chi connectivity index (χ3n) is 6.53. The summed E-state index contributed by atoms with van der Waals surface area (Å²) in [5, 5.41) is 17.1. The van der Waals surface area contributed by atoms with Crippen molar-refractivity contribution >= 4 is 29.1 Å². The quantitative estimate of drug-likeness (QED) is 0.265. The molecule has 2 aromatic carbocycles. The van der Waals surface area contributed by atoms with Crippen molar-refractivity contribution in [2.45, 2.75) is 31.7 Å². The largest absolute Gasteiger partial charge is 0.545 e. The normalized spacial score (nSPS) is 15.9. The van der Waals surface area contributed by atoms with E-state index in [2.05, 4.69) is 9.97 Å². The zero-order valence-electron chi connectivity index (χ0n) is 20.7. The first-order valence-corrected chi connectivity index (χ1v) is 12.4. The van der Waals surface area contributed by atoms with Gasteiger partial charge in [-0.15, -0.1) is 0 Å². The Kier molecular flexibility index (Phi) is 7.30. The number of nitrogens with two attached hydrogens (primary N) is 1. The molecule has 194 valence electrons. The number of hydrogen-bond acceptors (Lipinski definition) is 9. The second-order valence-electron chi connectivity index (χ2n) is 9.13. The highest BCUT2D eigenvalue weighted by Gasteiger charge is 2.26. The Balaban J connectivity index is 1.45. The second-order valence-corrected chi connectivity index (χ2v) is 9.13. The topological polar surface area (TPSA) is 139 Å². The fraction of sp³-hybridized carbons (Fsp3) is 0.250. The van der Waals surface area contributed by atoms with Crippen molar-refractivity contribution in [3.05, 3.63) is 72.7 Å². The molecule has 0 unspecified atom stereocenters. The van der Waals surface area contributed by atoms with Crippen molar-refractivity contribution in [3.8, 4) is 22.8 Å². The lowest BCUT2D eigenvalue weighted by Crippen LogP contribution is -2.35. The van der Waals surface area contributed by atoms with Crippen molar-refractivity contribution in [3.63, 3.8) is 0 Å². The van der Waals surface area contributed by atoms with E-state index in [0.29, 0.717) is 47.7 Å². The Bertz CT molecular complexity index is 1470. The van der Waals surface area contributed by atoms with Crippen LogP contribution in [0.3, 0.4) is 0 Å². The lowest BCUT2D eigenvalue weighted by Gasteiger charge is -2.33. The van der Waals surface area contributed by atoms with Crippen LogP contribution < -0.4 is 15.6 Å². The minimum absolute atomic E-state index is 0.0692. The van der Waals surface area contributed by atoms with Crippen LogP contribution in [0.25, 0.3) is 22.3 Å². The van der Waals surface area contributed by atoms with Crippen LogP contribution >= 0.6 is 0 Å². The predicted molar refractivity (Wildman–Crippen MR) is 140 cm³/mol. The molecule has 0 radical (unpaired) electrons. The molecule has 10 heteroatoms. The van der Waals surface area contributed by atoms with Crippen LogP contribution in [0, 0.1) is 0 Å². The van der Waals surface area contributed by atoms with E-state index < -0.39 is 5.97 Å². The molecule has 2 N–H and O–H groups in total. The first kappa shape index (κ1) is 24.9. The molecular weight excluding hydrogens is 484 g/mol. The van der Waals surface area contributed by atoms with Crippen LogP contribution in [0.2, 0.25) is 0 Å². The van der Waals surface area contributed by atoms with Crippen LogP contribution in [0.4, 0.5) is 5.82 Å². The fourth-order valence-corrected chi connectivity index (χ4v) is 4.71. The Hall–Kier alpha value is -4.73. The number of carbonyl (C=O) groups excluding carboxylic acids is 2. The maximum atomic E-state index is 11.6. The number of anilines is 1. The molecule has 38 heavy (non-hydrogen) atoms. The van der Waals surface area contributed by atoms with E-state index in [9.17, 15) is 14.7 Å². The van der Waals surface area contributed by atoms with Crippen molar-refractivity contribution in [1.82, 2.24) is 24.6 Å². The lowest BCUT2D eigenvalue weighted by molar-refractivity contribution is -0.299. The number of carbonyl (C=O) groups is 2. The maximum Gasteiger partial charge on any atom is 0.164 e.